The summed E-state index contributed by atoms with van der Waals surface area (Å²) in [6, 6.07) is 3.96. The molecule has 0 aliphatic heterocycles. The minimum absolute atomic E-state index is 0.515. The second-order valence-electron chi connectivity index (χ2n) is 3.19. The van der Waals surface area contributed by atoms with Gasteiger partial charge in [-0.15, -0.1) is 21.5 Å². The van der Waals surface area contributed by atoms with Gasteiger partial charge in [-0.25, -0.2) is 0 Å². The van der Waals surface area contributed by atoms with E-state index in [9.17, 15) is 0 Å². The molecule has 1 unspecified atom stereocenters. The van der Waals surface area contributed by atoms with Gasteiger partial charge in [0.1, 0.15) is 0 Å². The Morgan fingerprint density at radius 1 is 1.53 bits per heavy atom. The zero-order valence-corrected chi connectivity index (χ0v) is 10.3. The first-order chi connectivity index (χ1) is 7.29. The molecule has 0 radical (unpaired) electrons. The maximum absolute atomic E-state index is 5.55. The minimum atomic E-state index is 0.515. The van der Waals surface area contributed by atoms with E-state index >= 15 is 0 Å². The first-order valence-corrected chi connectivity index (χ1v) is 6.59. The van der Waals surface area contributed by atoms with Crippen molar-refractivity contribution in [2.24, 2.45) is 0 Å². The third kappa shape index (κ3) is 2.60. The maximum Gasteiger partial charge on any atom is 0.277 e. The molecular formula is C10H12N2OS2. The molecule has 3 nitrogen and oxygen atoms in total. The molecule has 80 valence electrons. The Morgan fingerprint density at radius 2 is 2.40 bits per heavy atom. The topological polar surface area (TPSA) is 38.9 Å². The van der Waals surface area contributed by atoms with E-state index in [0.717, 1.165) is 11.3 Å². The Morgan fingerprint density at radius 3 is 3.07 bits per heavy atom. The average Bonchev–Trinajstić information content (AvgIpc) is 2.85. The van der Waals surface area contributed by atoms with Gasteiger partial charge in [0.25, 0.3) is 11.1 Å². The van der Waals surface area contributed by atoms with Crippen molar-refractivity contribution in [3.8, 4) is 10.8 Å². The van der Waals surface area contributed by atoms with Gasteiger partial charge in [0.05, 0.1) is 4.88 Å². The molecule has 2 heterocycles. The predicted molar refractivity (Wildman–Crippen MR) is 63.2 cm³/mol. The number of thioether (sulfide) groups is 1. The number of nitrogens with zero attached hydrogens (tertiary/aromatic N) is 2. The van der Waals surface area contributed by atoms with Crippen molar-refractivity contribution in [3.05, 3.63) is 17.5 Å². The molecule has 0 spiro atoms. The summed E-state index contributed by atoms with van der Waals surface area (Å²) in [6.45, 7) is 4.30. The minimum Gasteiger partial charge on any atom is -0.410 e. The number of aromatic nitrogens is 2. The summed E-state index contributed by atoms with van der Waals surface area (Å²) in [5, 5.41) is 11.2. The highest BCUT2D eigenvalue weighted by Gasteiger charge is 2.11. The number of thiophene rings is 1. The molecule has 0 saturated carbocycles. The fourth-order valence-corrected chi connectivity index (χ4v) is 2.38. The Kier molecular flexibility index (Phi) is 3.43. The van der Waals surface area contributed by atoms with Gasteiger partial charge in [0, 0.05) is 5.25 Å². The van der Waals surface area contributed by atoms with Crippen molar-refractivity contribution in [1.82, 2.24) is 10.2 Å². The second-order valence-corrected chi connectivity index (χ2v) is 5.52. The lowest BCUT2D eigenvalue weighted by Gasteiger charge is -2.01. The van der Waals surface area contributed by atoms with E-state index in [1.54, 1.807) is 23.1 Å². The van der Waals surface area contributed by atoms with Crippen molar-refractivity contribution in [1.29, 1.82) is 0 Å². The van der Waals surface area contributed by atoms with E-state index in [0.29, 0.717) is 16.4 Å². The largest absolute Gasteiger partial charge is 0.410 e. The Labute approximate surface area is 96.9 Å². The average molecular weight is 240 g/mol. The standard InChI is InChI=1S/C10H12N2OS2/c1-3-7(2)15-10-12-11-9(13-10)8-5-4-6-14-8/h4-7H,3H2,1-2H3. The Balaban J connectivity index is 2.11. The molecule has 2 aromatic rings. The molecule has 0 aromatic carbocycles. The normalized spacial score (nSPS) is 12.9. The summed E-state index contributed by atoms with van der Waals surface area (Å²) in [4.78, 5) is 1.03. The predicted octanol–water partition coefficient (Wildman–Crippen LogP) is 3.69. The molecule has 0 amide bonds. The highest BCUT2D eigenvalue weighted by Crippen LogP contribution is 2.28. The zero-order chi connectivity index (χ0) is 10.7. The molecule has 0 bridgehead atoms. The summed E-state index contributed by atoms with van der Waals surface area (Å²) in [5.74, 6) is 0.621. The third-order valence-corrected chi connectivity index (χ3v) is 3.98. The van der Waals surface area contributed by atoms with Gasteiger partial charge >= 0.3 is 0 Å². The van der Waals surface area contributed by atoms with Crippen LogP contribution < -0.4 is 0 Å². The third-order valence-electron chi connectivity index (χ3n) is 2.02. The van der Waals surface area contributed by atoms with Crippen molar-refractivity contribution in [2.75, 3.05) is 0 Å². The van der Waals surface area contributed by atoms with E-state index in [1.807, 2.05) is 17.5 Å². The molecule has 1 atom stereocenters. The smallest absolute Gasteiger partial charge is 0.277 e. The van der Waals surface area contributed by atoms with Crippen LogP contribution in [0.5, 0.6) is 0 Å². The molecule has 0 fully saturated rings. The van der Waals surface area contributed by atoms with Crippen LogP contribution in [0.2, 0.25) is 0 Å². The summed E-state index contributed by atoms with van der Waals surface area (Å²) in [7, 11) is 0. The van der Waals surface area contributed by atoms with Gasteiger partial charge in [-0.3, -0.25) is 0 Å². The van der Waals surface area contributed by atoms with E-state index in [-0.39, 0.29) is 0 Å². The summed E-state index contributed by atoms with van der Waals surface area (Å²) >= 11 is 3.23. The van der Waals surface area contributed by atoms with E-state index < -0.39 is 0 Å². The van der Waals surface area contributed by atoms with Gasteiger partial charge in [0.15, 0.2) is 0 Å². The molecule has 0 aliphatic carbocycles. The van der Waals surface area contributed by atoms with Crippen molar-refractivity contribution in [2.45, 2.75) is 30.7 Å². The Hall–Kier alpha value is -0.810. The fourth-order valence-electron chi connectivity index (χ4n) is 1.01. The van der Waals surface area contributed by atoms with Gasteiger partial charge in [0.2, 0.25) is 0 Å². The van der Waals surface area contributed by atoms with Gasteiger partial charge in [-0.05, 0) is 17.9 Å². The lowest BCUT2D eigenvalue weighted by Crippen LogP contribution is -1.91. The SMILES string of the molecule is CCC(C)Sc1nnc(-c2cccs2)o1. The Bertz CT molecular complexity index is 411. The second kappa shape index (κ2) is 4.81. The van der Waals surface area contributed by atoms with Gasteiger partial charge in [-0.2, -0.15) is 0 Å². The zero-order valence-electron chi connectivity index (χ0n) is 8.64. The van der Waals surface area contributed by atoms with Crippen molar-refractivity contribution in [3.63, 3.8) is 0 Å². The number of rotatable bonds is 4. The van der Waals surface area contributed by atoms with Crippen LogP contribution in [0, 0.1) is 0 Å². The molecule has 15 heavy (non-hydrogen) atoms. The van der Waals surface area contributed by atoms with Crippen LogP contribution >= 0.6 is 23.1 Å². The molecule has 0 N–H and O–H groups in total. The van der Waals surface area contributed by atoms with Crippen molar-refractivity contribution < 1.29 is 4.42 Å². The highest BCUT2D eigenvalue weighted by molar-refractivity contribution is 7.99. The lowest BCUT2D eigenvalue weighted by molar-refractivity contribution is 0.465. The van der Waals surface area contributed by atoms with Crippen molar-refractivity contribution >= 4 is 23.1 Å². The molecule has 5 heteroatoms. The maximum atomic E-state index is 5.55. The number of hydrogen-bond acceptors (Lipinski definition) is 5. The summed E-state index contributed by atoms with van der Waals surface area (Å²) in [6.07, 6.45) is 1.10. The van der Waals surface area contributed by atoms with E-state index in [1.165, 1.54) is 0 Å². The quantitative estimate of drug-likeness (QED) is 0.764. The van der Waals surface area contributed by atoms with Crippen LogP contribution in [0.1, 0.15) is 20.3 Å². The molecular weight excluding hydrogens is 228 g/mol. The molecule has 2 aromatic heterocycles. The van der Waals surface area contributed by atoms with Crippen LogP contribution in [0.15, 0.2) is 27.2 Å². The first-order valence-electron chi connectivity index (χ1n) is 4.83. The van der Waals surface area contributed by atoms with Crippen LogP contribution in [-0.2, 0) is 0 Å². The van der Waals surface area contributed by atoms with Gasteiger partial charge in [-0.1, -0.05) is 31.7 Å². The first kappa shape index (κ1) is 10.7. The van der Waals surface area contributed by atoms with E-state index in [2.05, 4.69) is 24.0 Å². The van der Waals surface area contributed by atoms with Gasteiger partial charge < -0.3 is 4.42 Å². The molecule has 2 rings (SSSR count). The fraction of sp³-hybridized carbons (Fsp3) is 0.400. The molecule has 0 saturated heterocycles. The van der Waals surface area contributed by atoms with Crippen LogP contribution in [-0.4, -0.2) is 15.4 Å². The highest BCUT2D eigenvalue weighted by atomic mass is 32.2. The lowest BCUT2D eigenvalue weighted by atomic mass is 10.4. The molecule has 0 aliphatic rings. The van der Waals surface area contributed by atoms with E-state index in [4.69, 9.17) is 4.42 Å². The summed E-state index contributed by atoms with van der Waals surface area (Å²) in [5.41, 5.74) is 0. The number of hydrogen-bond donors (Lipinski definition) is 0. The monoisotopic (exact) mass is 240 g/mol. The van der Waals surface area contributed by atoms with Crippen LogP contribution in [0.3, 0.4) is 0 Å². The summed E-state index contributed by atoms with van der Waals surface area (Å²) < 4.78 is 5.55. The van der Waals surface area contributed by atoms with Crippen LogP contribution in [0.4, 0.5) is 0 Å². The van der Waals surface area contributed by atoms with Crippen LogP contribution in [0.25, 0.3) is 10.8 Å².